The molecular formula is C22H28N4O. The number of rotatable bonds is 8. The Morgan fingerprint density at radius 3 is 2.44 bits per heavy atom. The maximum absolute atomic E-state index is 11.5. The van der Waals surface area contributed by atoms with Gasteiger partial charge in [0, 0.05) is 35.7 Å². The molecule has 3 aromatic rings. The number of likely N-dealkylation sites (N-methyl/N-ethyl adjacent to an activating group) is 1. The lowest BCUT2D eigenvalue weighted by Gasteiger charge is -2.23. The third-order valence-electron chi connectivity index (χ3n) is 4.95. The summed E-state index contributed by atoms with van der Waals surface area (Å²) in [6.45, 7) is 3.89. The smallest absolute Gasteiger partial charge is 0.237 e. The molecule has 0 fully saturated rings. The Morgan fingerprint density at radius 2 is 1.78 bits per heavy atom. The predicted octanol–water partition coefficient (Wildman–Crippen LogP) is 2.83. The summed E-state index contributed by atoms with van der Waals surface area (Å²) in [7, 11) is 4.17. The zero-order valence-electron chi connectivity index (χ0n) is 16.3. The van der Waals surface area contributed by atoms with E-state index in [1.807, 2.05) is 28.8 Å². The molecule has 0 bridgehead atoms. The van der Waals surface area contributed by atoms with Gasteiger partial charge in [0.15, 0.2) is 0 Å². The van der Waals surface area contributed by atoms with Gasteiger partial charge in [0.2, 0.25) is 5.91 Å². The second kappa shape index (κ2) is 8.37. The number of nitrogens with two attached hydrogens (primary N) is 1. The van der Waals surface area contributed by atoms with E-state index in [-0.39, 0.29) is 18.5 Å². The number of amides is 1. The molecule has 0 unspecified atom stereocenters. The summed E-state index contributed by atoms with van der Waals surface area (Å²) in [6.07, 6.45) is 0. The van der Waals surface area contributed by atoms with E-state index in [2.05, 4.69) is 61.6 Å². The van der Waals surface area contributed by atoms with Gasteiger partial charge in [0.05, 0.1) is 0 Å². The first-order valence-electron chi connectivity index (χ1n) is 9.25. The molecule has 5 heteroatoms. The Kier molecular flexibility index (Phi) is 5.94. The topological polar surface area (TPSA) is 63.3 Å². The highest BCUT2D eigenvalue weighted by atomic mass is 16.1. The van der Waals surface area contributed by atoms with Crippen LogP contribution in [0.2, 0.25) is 0 Å². The highest BCUT2D eigenvalue weighted by Gasteiger charge is 2.17. The van der Waals surface area contributed by atoms with Crippen molar-refractivity contribution in [2.75, 3.05) is 20.6 Å². The van der Waals surface area contributed by atoms with Crippen molar-refractivity contribution < 1.29 is 4.79 Å². The largest absolute Gasteiger partial charge is 0.368 e. The van der Waals surface area contributed by atoms with Crippen LogP contribution in [0.25, 0.3) is 10.9 Å². The maximum Gasteiger partial charge on any atom is 0.237 e. The quantitative estimate of drug-likeness (QED) is 0.646. The van der Waals surface area contributed by atoms with E-state index in [1.165, 1.54) is 16.5 Å². The summed E-state index contributed by atoms with van der Waals surface area (Å²) in [5.74, 6) is -0.326. The molecule has 142 valence electrons. The number of para-hydroxylation sites is 1. The van der Waals surface area contributed by atoms with Crippen molar-refractivity contribution in [1.29, 1.82) is 0 Å². The molecule has 1 amide bonds. The SMILES string of the molecule is Cc1c(CN[C@H](CN(C)C)c2ccccc2)c2ccccc2n1CC(N)=O. The number of hydrogen-bond acceptors (Lipinski definition) is 3. The Morgan fingerprint density at radius 1 is 1.11 bits per heavy atom. The zero-order valence-corrected chi connectivity index (χ0v) is 16.3. The van der Waals surface area contributed by atoms with Crippen molar-refractivity contribution in [1.82, 2.24) is 14.8 Å². The third-order valence-corrected chi connectivity index (χ3v) is 4.95. The van der Waals surface area contributed by atoms with Crippen molar-refractivity contribution in [2.45, 2.75) is 26.1 Å². The van der Waals surface area contributed by atoms with E-state index in [0.717, 1.165) is 24.3 Å². The lowest BCUT2D eigenvalue weighted by Crippen LogP contribution is -2.31. The van der Waals surface area contributed by atoms with Crippen LogP contribution in [-0.2, 0) is 17.9 Å². The van der Waals surface area contributed by atoms with Crippen LogP contribution < -0.4 is 11.1 Å². The third kappa shape index (κ3) is 4.38. The summed E-state index contributed by atoms with van der Waals surface area (Å²) >= 11 is 0. The number of nitrogens with zero attached hydrogens (tertiary/aromatic N) is 2. The van der Waals surface area contributed by atoms with E-state index in [0.29, 0.717) is 0 Å². The second-order valence-electron chi connectivity index (χ2n) is 7.24. The fourth-order valence-electron chi connectivity index (χ4n) is 3.65. The maximum atomic E-state index is 11.5. The number of hydrogen-bond donors (Lipinski definition) is 2. The summed E-state index contributed by atoms with van der Waals surface area (Å²) in [4.78, 5) is 13.7. The van der Waals surface area contributed by atoms with Gasteiger partial charge in [-0.3, -0.25) is 4.79 Å². The minimum absolute atomic E-state index is 0.201. The van der Waals surface area contributed by atoms with Crippen LogP contribution in [0, 0.1) is 6.92 Å². The molecule has 0 aliphatic rings. The van der Waals surface area contributed by atoms with Crippen molar-refractivity contribution >= 4 is 16.8 Å². The lowest BCUT2D eigenvalue weighted by molar-refractivity contribution is -0.118. The van der Waals surface area contributed by atoms with Gasteiger partial charge in [-0.2, -0.15) is 0 Å². The van der Waals surface area contributed by atoms with Crippen molar-refractivity contribution in [3.05, 3.63) is 71.4 Å². The monoisotopic (exact) mass is 364 g/mol. The number of carbonyl (C=O) groups is 1. The van der Waals surface area contributed by atoms with Crippen LogP contribution in [0.15, 0.2) is 54.6 Å². The first-order valence-corrected chi connectivity index (χ1v) is 9.25. The van der Waals surface area contributed by atoms with E-state index in [4.69, 9.17) is 5.73 Å². The van der Waals surface area contributed by atoms with Crippen molar-refractivity contribution in [3.8, 4) is 0 Å². The van der Waals surface area contributed by atoms with Crippen LogP contribution >= 0.6 is 0 Å². The summed E-state index contributed by atoms with van der Waals surface area (Å²) in [6, 6.07) is 18.9. The van der Waals surface area contributed by atoms with Crippen LogP contribution in [0.5, 0.6) is 0 Å². The molecule has 2 aromatic carbocycles. The van der Waals surface area contributed by atoms with Crippen molar-refractivity contribution in [3.63, 3.8) is 0 Å². The van der Waals surface area contributed by atoms with Gasteiger partial charge >= 0.3 is 0 Å². The number of primary amides is 1. The normalized spacial score (nSPS) is 12.6. The Labute approximate surface area is 160 Å². The molecule has 1 heterocycles. The van der Waals surface area contributed by atoms with Gasteiger partial charge in [-0.1, -0.05) is 48.5 Å². The summed E-state index contributed by atoms with van der Waals surface area (Å²) in [5.41, 5.74) is 10.1. The fourth-order valence-corrected chi connectivity index (χ4v) is 3.65. The lowest BCUT2D eigenvalue weighted by atomic mass is 10.1. The first kappa shape index (κ1) is 19.1. The minimum Gasteiger partial charge on any atom is -0.368 e. The molecule has 0 aliphatic heterocycles. The number of aromatic nitrogens is 1. The van der Waals surface area contributed by atoms with Gasteiger partial charge in [-0.15, -0.1) is 0 Å². The standard InChI is InChI=1S/C22H28N4O/c1-16-19(18-11-7-8-12-21(18)26(16)15-22(23)27)13-24-20(14-25(2)3)17-9-5-4-6-10-17/h4-12,20,24H,13-15H2,1-3H3,(H2,23,27)/t20-/m1/s1. The van der Waals surface area contributed by atoms with E-state index in [1.54, 1.807) is 0 Å². The second-order valence-corrected chi connectivity index (χ2v) is 7.24. The van der Waals surface area contributed by atoms with Crippen LogP contribution in [0.3, 0.4) is 0 Å². The first-order chi connectivity index (χ1) is 13.0. The molecule has 27 heavy (non-hydrogen) atoms. The minimum atomic E-state index is -0.326. The molecule has 1 aromatic heterocycles. The molecule has 0 radical (unpaired) electrons. The number of carbonyl (C=O) groups excluding carboxylic acids is 1. The molecule has 3 rings (SSSR count). The Hall–Kier alpha value is -2.63. The average molecular weight is 364 g/mol. The highest BCUT2D eigenvalue weighted by Crippen LogP contribution is 2.26. The highest BCUT2D eigenvalue weighted by molar-refractivity contribution is 5.87. The average Bonchev–Trinajstić information content (AvgIpc) is 2.90. The van der Waals surface area contributed by atoms with Crippen molar-refractivity contribution in [2.24, 2.45) is 5.73 Å². The zero-order chi connectivity index (χ0) is 19.4. The molecule has 1 atom stereocenters. The molecule has 0 saturated heterocycles. The molecule has 0 aliphatic carbocycles. The molecule has 0 saturated carbocycles. The van der Waals surface area contributed by atoms with Gasteiger partial charge in [-0.05, 0) is 38.2 Å². The van der Waals surface area contributed by atoms with Crippen LogP contribution in [0.1, 0.15) is 22.9 Å². The molecule has 3 N–H and O–H groups in total. The summed E-state index contributed by atoms with van der Waals surface area (Å²) in [5, 5.41) is 4.88. The fraction of sp³-hybridized carbons (Fsp3) is 0.318. The Bertz CT molecular complexity index is 915. The van der Waals surface area contributed by atoms with Gasteiger partial charge in [0.1, 0.15) is 6.54 Å². The van der Waals surface area contributed by atoms with E-state index < -0.39 is 0 Å². The van der Waals surface area contributed by atoms with E-state index in [9.17, 15) is 4.79 Å². The van der Waals surface area contributed by atoms with Gasteiger partial charge in [-0.25, -0.2) is 0 Å². The van der Waals surface area contributed by atoms with Crippen LogP contribution in [0.4, 0.5) is 0 Å². The van der Waals surface area contributed by atoms with Gasteiger partial charge in [0.25, 0.3) is 0 Å². The molecule has 5 nitrogen and oxygen atoms in total. The summed E-state index contributed by atoms with van der Waals surface area (Å²) < 4.78 is 2.01. The number of fused-ring (bicyclic) bond motifs is 1. The Balaban J connectivity index is 1.91. The van der Waals surface area contributed by atoms with E-state index >= 15 is 0 Å². The molecular weight excluding hydrogens is 336 g/mol. The number of benzene rings is 2. The predicted molar refractivity (Wildman–Crippen MR) is 110 cm³/mol. The molecule has 0 spiro atoms. The number of nitrogens with one attached hydrogen (secondary N) is 1. The van der Waals surface area contributed by atoms with Gasteiger partial charge < -0.3 is 20.5 Å². The van der Waals surface area contributed by atoms with Crippen LogP contribution in [-0.4, -0.2) is 36.0 Å².